The van der Waals surface area contributed by atoms with Crippen LogP contribution in [-0.2, 0) is 0 Å². The number of aromatic nitrogens is 1. The Kier molecular flexibility index (Phi) is 5.09. The fourth-order valence-corrected chi connectivity index (χ4v) is 3.59. The average molecular weight is 465 g/mol. The molecule has 0 aliphatic carbocycles. The van der Waals surface area contributed by atoms with Crippen molar-refractivity contribution in [2.45, 2.75) is 6.92 Å². The van der Waals surface area contributed by atoms with Crippen molar-refractivity contribution in [2.24, 2.45) is 0 Å². The second-order valence-electron chi connectivity index (χ2n) is 5.23. The minimum absolute atomic E-state index is 0.0509. The van der Waals surface area contributed by atoms with E-state index in [-0.39, 0.29) is 11.6 Å². The first kappa shape index (κ1) is 17.5. The lowest BCUT2D eigenvalue weighted by atomic mass is 10.1. The number of carbonyl (C=O) groups is 1. The molecular formula is C17H12IN3O3S. The molecule has 0 bridgehead atoms. The van der Waals surface area contributed by atoms with Crippen LogP contribution in [0.4, 0.5) is 10.8 Å². The summed E-state index contributed by atoms with van der Waals surface area (Å²) in [7, 11) is 0. The van der Waals surface area contributed by atoms with Crippen LogP contribution in [0, 0.1) is 20.6 Å². The normalized spacial score (nSPS) is 10.5. The summed E-state index contributed by atoms with van der Waals surface area (Å²) < 4.78 is 0.850. The Hall–Kier alpha value is -2.33. The Labute approximate surface area is 161 Å². The number of amides is 1. The summed E-state index contributed by atoms with van der Waals surface area (Å²) in [5, 5.41) is 16.1. The number of hydrogen-bond donors (Lipinski definition) is 1. The first-order chi connectivity index (χ1) is 12.0. The summed E-state index contributed by atoms with van der Waals surface area (Å²) in [6.45, 7) is 1.69. The highest BCUT2D eigenvalue weighted by molar-refractivity contribution is 14.1. The summed E-state index contributed by atoms with van der Waals surface area (Å²) in [6.07, 6.45) is 0. The Morgan fingerprint density at radius 2 is 2.04 bits per heavy atom. The van der Waals surface area contributed by atoms with Crippen molar-refractivity contribution in [3.05, 3.63) is 72.7 Å². The summed E-state index contributed by atoms with van der Waals surface area (Å²) >= 11 is 3.38. The van der Waals surface area contributed by atoms with Gasteiger partial charge in [0.25, 0.3) is 11.6 Å². The van der Waals surface area contributed by atoms with Gasteiger partial charge in [0.15, 0.2) is 5.13 Å². The molecule has 1 amide bonds. The fourth-order valence-electron chi connectivity index (χ4n) is 2.24. The standard InChI is InChI=1S/C17H12IN3O3S/c1-10-6-7-11(8-15(10)21(23)24)14-9-25-17(19-14)20-16(22)12-4-2-3-5-13(12)18/h2-9H,1H3,(H,19,20,22). The molecule has 2 aromatic carbocycles. The number of nitro benzene ring substituents is 1. The number of rotatable bonds is 4. The monoisotopic (exact) mass is 465 g/mol. The maximum Gasteiger partial charge on any atom is 0.272 e. The molecule has 25 heavy (non-hydrogen) atoms. The number of anilines is 1. The Morgan fingerprint density at radius 1 is 1.28 bits per heavy atom. The van der Waals surface area contributed by atoms with E-state index >= 15 is 0 Å². The molecule has 3 aromatic rings. The van der Waals surface area contributed by atoms with Crippen molar-refractivity contribution >= 4 is 50.7 Å². The lowest BCUT2D eigenvalue weighted by molar-refractivity contribution is -0.385. The van der Waals surface area contributed by atoms with E-state index in [1.54, 1.807) is 36.6 Å². The van der Waals surface area contributed by atoms with Gasteiger partial charge in [-0.05, 0) is 41.6 Å². The molecule has 3 rings (SSSR count). The van der Waals surface area contributed by atoms with Crippen LogP contribution in [0.2, 0.25) is 0 Å². The van der Waals surface area contributed by atoms with Crippen LogP contribution in [0.1, 0.15) is 15.9 Å². The van der Waals surface area contributed by atoms with E-state index in [9.17, 15) is 14.9 Å². The fraction of sp³-hybridized carbons (Fsp3) is 0.0588. The van der Waals surface area contributed by atoms with Gasteiger partial charge in [-0.2, -0.15) is 0 Å². The molecular weight excluding hydrogens is 453 g/mol. The van der Waals surface area contributed by atoms with Crippen molar-refractivity contribution < 1.29 is 9.72 Å². The highest BCUT2D eigenvalue weighted by Gasteiger charge is 2.15. The SMILES string of the molecule is Cc1ccc(-c2csc(NC(=O)c3ccccc3I)n2)cc1[N+](=O)[O-]. The smallest absolute Gasteiger partial charge is 0.272 e. The highest BCUT2D eigenvalue weighted by Crippen LogP contribution is 2.29. The molecule has 6 nitrogen and oxygen atoms in total. The highest BCUT2D eigenvalue weighted by atomic mass is 127. The molecule has 0 unspecified atom stereocenters. The molecule has 0 aliphatic rings. The number of benzene rings is 2. The maximum absolute atomic E-state index is 12.3. The van der Waals surface area contributed by atoms with Crippen molar-refractivity contribution in [2.75, 3.05) is 5.32 Å². The van der Waals surface area contributed by atoms with Gasteiger partial charge < -0.3 is 0 Å². The summed E-state index contributed by atoms with van der Waals surface area (Å²) in [5.41, 5.74) is 2.45. The Bertz CT molecular complexity index is 971. The zero-order chi connectivity index (χ0) is 18.0. The first-order valence-corrected chi connectivity index (χ1v) is 9.18. The number of nitrogens with one attached hydrogen (secondary N) is 1. The van der Waals surface area contributed by atoms with Gasteiger partial charge in [-0.25, -0.2) is 4.98 Å². The van der Waals surface area contributed by atoms with Gasteiger partial charge in [0, 0.05) is 26.1 Å². The number of nitrogens with zero attached hydrogens (tertiary/aromatic N) is 2. The van der Waals surface area contributed by atoms with E-state index in [1.165, 1.54) is 17.4 Å². The molecule has 1 heterocycles. The van der Waals surface area contributed by atoms with E-state index in [1.807, 2.05) is 12.1 Å². The molecule has 1 N–H and O–H groups in total. The van der Waals surface area contributed by atoms with E-state index in [0.29, 0.717) is 27.5 Å². The molecule has 1 aromatic heterocycles. The van der Waals surface area contributed by atoms with Crippen LogP contribution in [0.25, 0.3) is 11.3 Å². The number of halogens is 1. The van der Waals surface area contributed by atoms with Gasteiger partial charge in [0.1, 0.15) is 0 Å². The van der Waals surface area contributed by atoms with Gasteiger partial charge in [-0.15, -0.1) is 11.3 Å². The van der Waals surface area contributed by atoms with Gasteiger partial charge in [0.2, 0.25) is 0 Å². The molecule has 0 saturated heterocycles. The van der Waals surface area contributed by atoms with Crippen molar-refractivity contribution in [1.29, 1.82) is 0 Å². The van der Waals surface area contributed by atoms with Crippen LogP contribution in [0.15, 0.2) is 47.8 Å². The zero-order valence-electron chi connectivity index (χ0n) is 13.0. The number of thiazole rings is 1. The largest absolute Gasteiger partial charge is 0.298 e. The van der Waals surface area contributed by atoms with Crippen molar-refractivity contribution in [3.8, 4) is 11.3 Å². The van der Waals surface area contributed by atoms with Crippen molar-refractivity contribution in [3.63, 3.8) is 0 Å². The molecule has 0 fully saturated rings. The third-order valence-electron chi connectivity index (χ3n) is 3.54. The molecule has 8 heteroatoms. The Balaban J connectivity index is 1.84. The van der Waals surface area contributed by atoms with Crippen LogP contribution < -0.4 is 5.32 Å². The van der Waals surface area contributed by atoms with Gasteiger partial charge >= 0.3 is 0 Å². The first-order valence-electron chi connectivity index (χ1n) is 7.22. The number of nitro groups is 1. The summed E-state index contributed by atoms with van der Waals surface area (Å²) in [5.74, 6) is -0.235. The molecule has 126 valence electrons. The van der Waals surface area contributed by atoms with Crippen molar-refractivity contribution in [1.82, 2.24) is 4.98 Å². The van der Waals surface area contributed by atoms with Crippen LogP contribution >= 0.6 is 33.9 Å². The second-order valence-corrected chi connectivity index (χ2v) is 7.25. The minimum Gasteiger partial charge on any atom is -0.298 e. The van der Waals surface area contributed by atoms with Crippen LogP contribution in [-0.4, -0.2) is 15.8 Å². The Morgan fingerprint density at radius 3 is 2.76 bits per heavy atom. The van der Waals surface area contributed by atoms with Gasteiger partial charge in [-0.1, -0.05) is 24.3 Å². The predicted molar refractivity (Wildman–Crippen MR) is 106 cm³/mol. The van der Waals surface area contributed by atoms with Gasteiger partial charge in [-0.3, -0.25) is 20.2 Å². The lowest BCUT2D eigenvalue weighted by Gasteiger charge is -2.03. The molecule has 0 aliphatic heterocycles. The predicted octanol–water partition coefficient (Wildman–Crippen LogP) is 4.88. The zero-order valence-corrected chi connectivity index (χ0v) is 16.0. The van der Waals surface area contributed by atoms with E-state index in [4.69, 9.17) is 0 Å². The van der Waals surface area contributed by atoms with Gasteiger partial charge in [0.05, 0.1) is 16.2 Å². The molecule has 0 spiro atoms. The number of aryl methyl sites for hydroxylation is 1. The molecule has 0 saturated carbocycles. The van der Waals surface area contributed by atoms with E-state index < -0.39 is 4.92 Å². The topological polar surface area (TPSA) is 85.1 Å². The quantitative estimate of drug-likeness (QED) is 0.338. The number of carbonyl (C=O) groups excluding carboxylic acids is 1. The molecule has 0 atom stereocenters. The molecule has 0 radical (unpaired) electrons. The summed E-state index contributed by atoms with van der Waals surface area (Å²) in [4.78, 5) is 27.4. The maximum atomic E-state index is 12.3. The average Bonchev–Trinajstić information content (AvgIpc) is 3.03. The summed E-state index contributed by atoms with van der Waals surface area (Å²) in [6, 6.07) is 12.2. The number of hydrogen-bond acceptors (Lipinski definition) is 5. The third kappa shape index (κ3) is 3.85. The van der Waals surface area contributed by atoms with Crippen LogP contribution in [0.3, 0.4) is 0 Å². The van der Waals surface area contributed by atoms with E-state index in [2.05, 4.69) is 32.9 Å². The second kappa shape index (κ2) is 7.28. The van der Waals surface area contributed by atoms with E-state index in [0.717, 1.165) is 3.57 Å². The third-order valence-corrected chi connectivity index (χ3v) is 5.24. The minimum atomic E-state index is -0.411. The van der Waals surface area contributed by atoms with Crippen LogP contribution in [0.5, 0.6) is 0 Å². The lowest BCUT2D eigenvalue weighted by Crippen LogP contribution is -2.13.